The molecule has 0 atom stereocenters. The molecule has 45 heavy (non-hydrogen) atoms. The summed E-state index contributed by atoms with van der Waals surface area (Å²) < 4.78 is 94.5. The second kappa shape index (κ2) is 11.4. The molecule has 0 fully saturated rings. The Hall–Kier alpha value is -5.09. The first-order chi connectivity index (χ1) is 21.0. The molecule has 2 aromatic heterocycles. The quantitative estimate of drug-likeness (QED) is 0.265. The van der Waals surface area contributed by atoms with Crippen molar-refractivity contribution in [2.75, 3.05) is 6.54 Å². The summed E-state index contributed by atoms with van der Waals surface area (Å²) in [5.41, 5.74) is 0.378. The minimum Gasteiger partial charge on any atom is -0.322 e. The van der Waals surface area contributed by atoms with Gasteiger partial charge in [-0.05, 0) is 61.4 Å². The van der Waals surface area contributed by atoms with E-state index in [0.29, 0.717) is 22.4 Å². The predicted molar refractivity (Wildman–Crippen MR) is 139 cm³/mol. The van der Waals surface area contributed by atoms with Crippen LogP contribution >= 0.6 is 0 Å². The Labute approximate surface area is 248 Å². The predicted octanol–water partition coefficient (Wildman–Crippen LogP) is 3.46. The van der Waals surface area contributed by atoms with Crippen molar-refractivity contribution in [3.05, 3.63) is 98.0 Å². The molecule has 3 heterocycles. The molecule has 1 aliphatic rings. The van der Waals surface area contributed by atoms with Crippen LogP contribution in [0.1, 0.15) is 44.1 Å². The van der Waals surface area contributed by atoms with E-state index in [4.69, 9.17) is 0 Å². The molecule has 5 rings (SSSR count). The van der Waals surface area contributed by atoms with E-state index in [1.165, 1.54) is 16.7 Å². The molecule has 0 aliphatic carbocycles. The Morgan fingerprint density at radius 2 is 1.69 bits per heavy atom. The molecule has 1 aliphatic heterocycles. The molecule has 0 saturated heterocycles. The molecular formula is C28H22F7N6O4+. The van der Waals surface area contributed by atoms with Crippen molar-refractivity contribution < 1.29 is 50.0 Å². The highest BCUT2D eigenvalue weighted by Gasteiger charge is 2.46. The smallest absolute Gasteiger partial charge is 0.322 e. The maximum Gasteiger partial charge on any atom is 0.496 e. The SMILES string of the molecule is Cc1c(Cc2ccc(F)c(C(=O)N3CCn4c(-c5ccc(C(F)(F)F)cc5)n[n+](OC(=O)C(F)(F)F)c4C3)c2)n[nH]c(=O)c1C. The van der Waals surface area contributed by atoms with Gasteiger partial charge in [0.2, 0.25) is 0 Å². The number of halogens is 7. The van der Waals surface area contributed by atoms with Crippen LogP contribution in [0.15, 0.2) is 47.3 Å². The van der Waals surface area contributed by atoms with Crippen LogP contribution in [0.25, 0.3) is 11.4 Å². The van der Waals surface area contributed by atoms with Gasteiger partial charge in [-0.25, -0.2) is 23.7 Å². The number of hydrogen-bond donors (Lipinski definition) is 1. The lowest BCUT2D eigenvalue weighted by Gasteiger charge is -2.25. The van der Waals surface area contributed by atoms with E-state index >= 15 is 0 Å². The minimum absolute atomic E-state index is 0.0611. The highest BCUT2D eigenvalue weighted by Crippen LogP contribution is 2.31. The van der Waals surface area contributed by atoms with Gasteiger partial charge in [-0.1, -0.05) is 6.07 Å². The number of nitrogens with one attached hydrogen (secondary N) is 1. The van der Waals surface area contributed by atoms with Gasteiger partial charge in [0.05, 0.1) is 28.2 Å². The zero-order valence-electron chi connectivity index (χ0n) is 23.4. The Balaban J connectivity index is 1.47. The van der Waals surface area contributed by atoms with Gasteiger partial charge < -0.3 is 4.90 Å². The molecule has 1 amide bonds. The third-order valence-corrected chi connectivity index (χ3v) is 7.32. The molecular weight excluding hydrogens is 617 g/mol. The van der Waals surface area contributed by atoms with E-state index in [1.807, 2.05) is 0 Å². The van der Waals surface area contributed by atoms with Crippen molar-refractivity contribution in [3.63, 3.8) is 0 Å². The van der Waals surface area contributed by atoms with Crippen LogP contribution in [-0.2, 0) is 30.5 Å². The minimum atomic E-state index is -5.41. The van der Waals surface area contributed by atoms with Crippen LogP contribution in [0.3, 0.4) is 0 Å². The largest absolute Gasteiger partial charge is 0.496 e. The van der Waals surface area contributed by atoms with E-state index in [1.54, 1.807) is 13.8 Å². The Bertz CT molecular complexity index is 1860. The average Bonchev–Trinajstić information content (AvgIpc) is 3.34. The van der Waals surface area contributed by atoms with Crippen LogP contribution in [0.4, 0.5) is 30.7 Å². The van der Waals surface area contributed by atoms with Crippen molar-refractivity contribution in [1.82, 2.24) is 24.8 Å². The highest BCUT2D eigenvalue weighted by molar-refractivity contribution is 5.94. The Morgan fingerprint density at radius 3 is 2.33 bits per heavy atom. The van der Waals surface area contributed by atoms with Crippen LogP contribution in [0.2, 0.25) is 0 Å². The van der Waals surface area contributed by atoms with Gasteiger partial charge >= 0.3 is 24.1 Å². The normalized spacial score (nSPS) is 13.5. The van der Waals surface area contributed by atoms with Crippen molar-refractivity contribution in [3.8, 4) is 11.4 Å². The van der Waals surface area contributed by atoms with Gasteiger partial charge in [-0.15, -0.1) is 0 Å². The maximum absolute atomic E-state index is 14.9. The van der Waals surface area contributed by atoms with Crippen LogP contribution in [0, 0.1) is 19.7 Å². The van der Waals surface area contributed by atoms with Crippen LogP contribution < -0.4 is 15.2 Å². The van der Waals surface area contributed by atoms with E-state index < -0.39 is 42.2 Å². The second-order valence-corrected chi connectivity index (χ2v) is 10.2. The first kappa shape index (κ1) is 31.3. The number of carbonyl (C=O) groups excluding carboxylic acids is 2. The van der Waals surface area contributed by atoms with Crippen LogP contribution in [-0.4, -0.2) is 49.4 Å². The van der Waals surface area contributed by atoms with Gasteiger partial charge in [0.1, 0.15) is 18.9 Å². The lowest BCUT2D eigenvalue weighted by molar-refractivity contribution is -0.919. The summed E-state index contributed by atoms with van der Waals surface area (Å²) in [7, 11) is 0. The zero-order chi connectivity index (χ0) is 32.8. The summed E-state index contributed by atoms with van der Waals surface area (Å²) in [6.45, 7) is 2.57. The standard InChI is InChI=1S/C28H21F7N6O4/c1-14-15(2)24(42)37-36-21(14)12-16-3-8-20(29)19(11-16)25(43)39-9-10-40-22(13-39)41(45-26(44)28(33,34)35)38-23(40)17-4-6-18(7-5-17)27(30,31)32/h3-8,11H,9-10,12-13H2,1-2H3/p+1. The van der Waals surface area contributed by atoms with Gasteiger partial charge in [-0.3, -0.25) is 9.59 Å². The molecule has 10 nitrogen and oxygen atoms in total. The molecule has 0 spiro atoms. The fourth-order valence-electron chi connectivity index (χ4n) is 4.73. The summed E-state index contributed by atoms with van der Waals surface area (Å²) >= 11 is 0. The summed E-state index contributed by atoms with van der Waals surface area (Å²) in [6.07, 6.45) is -9.92. The first-order valence-corrected chi connectivity index (χ1v) is 13.2. The summed E-state index contributed by atoms with van der Waals surface area (Å²) in [5, 5.41) is 10.3. The molecule has 1 N–H and O–H groups in total. The zero-order valence-corrected chi connectivity index (χ0v) is 23.4. The van der Waals surface area contributed by atoms with E-state index in [0.717, 1.165) is 35.2 Å². The molecule has 0 radical (unpaired) electrons. The van der Waals surface area contributed by atoms with Crippen molar-refractivity contribution in [1.29, 1.82) is 0 Å². The van der Waals surface area contributed by atoms with Gasteiger partial charge in [0, 0.05) is 22.6 Å². The van der Waals surface area contributed by atoms with Gasteiger partial charge in [0.15, 0.2) is 0 Å². The highest BCUT2D eigenvalue weighted by atomic mass is 19.4. The van der Waals surface area contributed by atoms with Gasteiger partial charge in [-0.2, -0.15) is 31.4 Å². The molecule has 4 aromatic rings. The number of hydrogen-bond acceptors (Lipinski definition) is 6. The second-order valence-electron chi connectivity index (χ2n) is 10.2. The topological polar surface area (TPSA) is 114 Å². The van der Waals surface area contributed by atoms with Crippen molar-refractivity contribution >= 4 is 11.9 Å². The third-order valence-electron chi connectivity index (χ3n) is 7.32. The van der Waals surface area contributed by atoms with E-state index in [-0.39, 0.29) is 52.7 Å². The molecule has 236 valence electrons. The summed E-state index contributed by atoms with van der Waals surface area (Å²) in [5.74, 6) is -4.72. The van der Waals surface area contributed by atoms with Crippen molar-refractivity contribution in [2.24, 2.45) is 0 Å². The van der Waals surface area contributed by atoms with Crippen molar-refractivity contribution in [2.45, 2.75) is 45.7 Å². The number of H-pyrrole nitrogens is 1. The molecule has 17 heteroatoms. The number of benzene rings is 2. The molecule has 0 saturated carbocycles. The lowest BCUT2D eigenvalue weighted by atomic mass is 10.0. The number of amides is 1. The van der Waals surface area contributed by atoms with Gasteiger partial charge in [0.25, 0.3) is 17.3 Å². The van der Waals surface area contributed by atoms with E-state index in [9.17, 15) is 45.1 Å². The number of rotatable bonds is 5. The Kier molecular flexibility index (Phi) is 7.97. The number of nitrogens with zero attached hydrogens (tertiary/aromatic N) is 5. The molecule has 0 unspecified atom stereocenters. The number of aromatic nitrogens is 5. The third kappa shape index (κ3) is 6.28. The van der Waals surface area contributed by atoms with E-state index in [2.05, 4.69) is 20.1 Å². The Morgan fingerprint density at radius 1 is 1.00 bits per heavy atom. The maximum atomic E-state index is 14.9. The fraction of sp³-hybridized carbons (Fsp3) is 0.286. The van der Waals surface area contributed by atoms with Crippen LogP contribution in [0.5, 0.6) is 0 Å². The number of fused-ring (bicyclic) bond motifs is 1. The molecule has 0 bridgehead atoms. The number of alkyl halides is 6. The first-order valence-electron chi connectivity index (χ1n) is 13.2. The lowest BCUT2D eigenvalue weighted by Crippen LogP contribution is -2.56. The summed E-state index contributed by atoms with van der Waals surface area (Å²) in [4.78, 5) is 42.7. The number of aromatic amines is 1. The molecule has 2 aromatic carbocycles. The fourth-order valence-corrected chi connectivity index (χ4v) is 4.73. The monoisotopic (exact) mass is 639 g/mol. The number of carbonyl (C=O) groups is 2. The summed E-state index contributed by atoms with van der Waals surface area (Å²) in [6, 6.07) is 7.39. The average molecular weight is 640 g/mol.